The number of benzene rings is 2. The Bertz CT molecular complexity index is 860. The Balaban J connectivity index is 1.53. The topological polar surface area (TPSA) is 12.0 Å². The standard InChI is InChI=1S/C32H49N/c1-30(2,3)20-26-11-13-27(14-12-26)21-31(4,5)17-15-25-9-8-10-28(19-25)22-32(6,7)23-29-16-18-33-24-29/h8-14,19,29,33H,15-18,20-24H2,1-7H3. The van der Waals surface area contributed by atoms with Gasteiger partial charge in [-0.15, -0.1) is 0 Å². The van der Waals surface area contributed by atoms with Crippen molar-refractivity contribution in [1.82, 2.24) is 5.32 Å². The second-order valence-electron chi connectivity index (χ2n) is 13.6. The molecule has 33 heavy (non-hydrogen) atoms. The molecule has 1 saturated heterocycles. The van der Waals surface area contributed by atoms with Gasteiger partial charge in [0.2, 0.25) is 0 Å². The van der Waals surface area contributed by atoms with Crippen LogP contribution in [0.5, 0.6) is 0 Å². The zero-order valence-electron chi connectivity index (χ0n) is 22.6. The van der Waals surface area contributed by atoms with Crippen molar-refractivity contribution in [3.05, 3.63) is 70.8 Å². The van der Waals surface area contributed by atoms with E-state index in [0.717, 1.165) is 25.2 Å². The molecule has 1 atom stereocenters. The lowest BCUT2D eigenvalue weighted by molar-refractivity contribution is 0.274. The van der Waals surface area contributed by atoms with Crippen LogP contribution in [0.25, 0.3) is 0 Å². The predicted octanol–water partition coefficient (Wildman–Crippen LogP) is 8.05. The molecule has 3 rings (SSSR count). The summed E-state index contributed by atoms with van der Waals surface area (Å²) < 4.78 is 0. The number of aryl methyl sites for hydroxylation is 1. The van der Waals surface area contributed by atoms with E-state index in [0.29, 0.717) is 16.2 Å². The van der Waals surface area contributed by atoms with Gasteiger partial charge in [0.25, 0.3) is 0 Å². The lowest BCUT2D eigenvalue weighted by Crippen LogP contribution is -2.21. The maximum atomic E-state index is 3.53. The molecule has 0 bridgehead atoms. The van der Waals surface area contributed by atoms with Crippen LogP contribution in [-0.2, 0) is 25.7 Å². The van der Waals surface area contributed by atoms with Crippen LogP contribution in [-0.4, -0.2) is 13.1 Å². The first kappa shape index (κ1) is 26.0. The molecule has 0 radical (unpaired) electrons. The van der Waals surface area contributed by atoms with E-state index >= 15 is 0 Å². The molecule has 1 unspecified atom stereocenters. The highest BCUT2D eigenvalue weighted by Crippen LogP contribution is 2.33. The highest BCUT2D eigenvalue weighted by atomic mass is 14.9. The molecule has 0 aromatic heterocycles. The second kappa shape index (κ2) is 10.8. The van der Waals surface area contributed by atoms with E-state index < -0.39 is 0 Å². The van der Waals surface area contributed by atoms with Crippen LogP contribution in [0, 0.1) is 22.2 Å². The zero-order chi connectivity index (χ0) is 24.1. The Morgan fingerprint density at radius 1 is 0.727 bits per heavy atom. The van der Waals surface area contributed by atoms with E-state index in [-0.39, 0.29) is 0 Å². The van der Waals surface area contributed by atoms with E-state index in [1.165, 1.54) is 61.0 Å². The molecule has 0 aliphatic carbocycles. The van der Waals surface area contributed by atoms with E-state index in [1.54, 1.807) is 0 Å². The Labute approximate surface area is 204 Å². The van der Waals surface area contributed by atoms with Gasteiger partial charge in [-0.1, -0.05) is 97.0 Å². The molecule has 1 heteroatoms. The lowest BCUT2D eigenvalue weighted by atomic mass is 9.77. The molecule has 0 amide bonds. The van der Waals surface area contributed by atoms with Gasteiger partial charge in [0.15, 0.2) is 0 Å². The predicted molar refractivity (Wildman–Crippen MR) is 145 cm³/mol. The van der Waals surface area contributed by atoms with E-state index in [2.05, 4.69) is 102 Å². The minimum absolute atomic E-state index is 0.302. The third kappa shape index (κ3) is 9.28. The third-order valence-electron chi connectivity index (χ3n) is 7.21. The van der Waals surface area contributed by atoms with Crippen LogP contribution in [0.4, 0.5) is 0 Å². The highest BCUT2D eigenvalue weighted by Gasteiger charge is 2.26. The van der Waals surface area contributed by atoms with Gasteiger partial charge in [-0.25, -0.2) is 0 Å². The van der Waals surface area contributed by atoms with Gasteiger partial charge in [-0.3, -0.25) is 0 Å². The molecule has 1 aliphatic rings. The summed E-state index contributed by atoms with van der Waals surface area (Å²) in [5, 5.41) is 3.53. The quantitative estimate of drug-likeness (QED) is 0.388. The van der Waals surface area contributed by atoms with E-state index in [4.69, 9.17) is 0 Å². The van der Waals surface area contributed by atoms with Gasteiger partial charge in [-0.2, -0.15) is 0 Å². The first-order valence-electron chi connectivity index (χ1n) is 13.3. The number of nitrogens with one attached hydrogen (secondary N) is 1. The van der Waals surface area contributed by atoms with Crippen molar-refractivity contribution in [2.45, 2.75) is 93.4 Å². The number of rotatable bonds is 10. The summed E-state index contributed by atoms with van der Waals surface area (Å²) >= 11 is 0. The molecule has 2 aromatic rings. The van der Waals surface area contributed by atoms with Crippen LogP contribution in [0.2, 0.25) is 0 Å². The van der Waals surface area contributed by atoms with Crippen molar-refractivity contribution in [3.63, 3.8) is 0 Å². The van der Waals surface area contributed by atoms with Gasteiger partial charge in [-0.05, 0) is 102 Å². The normalized spacial score (nSPS) is 17.5. The first-order valence-corrected chi connectivity index (χ1v) is 13.3. The van der Waals surface area contributed by atoms with Crippen molar-refractivity contribution in [1.29, 1.82) is 0 Å². The Hall–Kier alpha value is -1.60. The smallest absolute Gasteiger partial charge is 0.00198 e. The molecular formula is C32H49N. The lowest BCUT2D eigenvalue weighted by Gasteiger charge is -2.28. The summed E-state index contributed by atoms with van der Waals surface area (Å²) in [7, 11) is 0. The molecule has 1 fully saturated rings. The largest absolute Gasteiger partial charge is 0.316 e. The van der Waals surface area contributed by atoms with Crippen LogP contribution >= 0.6 is 0 Å². The molecule has 1 heterocycles. The fraction of sp³-hybridized carbons (Fsp3) is 0.625. The molecule has 0 saturated carbocycles. The maximum absolute atomic E-state index is 3.53. The van der Waals surface area contributed by atoms with Crippen LogP contribution in [0.3, 0.4) is 0 Å². The van der Waals surface area contributed by atoms with Crippen LogP contribution < -0.4 is 5.32 Å². The Kier molecular flexibility index (Phi) is 8.49. The molecule has 1 aliphatic heterocycles. The van der Waals surface area contributed by atoms with Crippen molar-refractivity contribution < 1.29 is 0 Å². The summed E-state index contributed by atoms with van der Waals surface area (Å²) in [6.45, 7) is 19.1. The summed E-state index contributed by atoms with van der Waals surface area (Å²) in [5.74, 6) is 0.853. The molecule has 1 nitrogen and oxygen atoms in total. The summed E-state index contributed by atoms with van der Waals surface area (Å²) in [4.78, 5) is 0. The van der Waals surface area contributed by atoms with Crippen molar-refractivity contribution in [2.24, 2.45) is 22.2 Å². The average molecular weight is 448 g/mol. The van der Waals surface area contributed by atoms with Gasteiger partial charge in [0.05, 0.1) is 0 Å². The summed E-state index contributed by atoms with van der Waals surface area (Å²) in [6.07, 6.45) is 8.52. The van der Waals surface area contributed by atoms with Crippen LogP contribution in [0.15, 0.2) is 48.5 Å². The molecule has 0 spiro atoms. The van der Waals surface area contributed by atoms with Gasteiger partial charge in [0, 0.05) is 0 Å². The van der Waals surface area contributed by atoms with Gasteiger partial charge < -0.3 is 5.32 Å². The fourth-order valence-electron chi connectivity index (χ4n) is 5.70. The molecule has 182 valence electrons. The van der Waals surface area contributed by atoms with E-state index in [9.17, 15) is 0 Å². The SMILES string of the molecule is CC(C)(C)Cc1ccc(CC(C)(C)CCc2cccc(CC(C)(C)CC3CCNC3)c2)cc1. The number of hydrogen-bond acceptors (Lipinski definition) is 1. The molecule has 2 aromatic carbocycles. The van der Waals surface area contributed by atoms with Gasteiger partial charge in [0.1, 0.15) is 0 Å². The maximum Gasteiger partial charge on any atom is -0.00198 e. The Morgan fingerprint density at radius 3 is 1.94 bits per heavy atom. The zero-order valence-corrected chi connectivity index (χ0v) is 22.6. The third-order valence-corrected chi connectivity index (χ3v) is 7.21. The minimum Gasteiger partial charge on any atom is -0.316 e. The average Bonchev–Trinajstić information content (AvgIpc) is 3.19. The second-order valence-corrected chi connectivity index (χ2v) is 13.6. The minimum atomic E-state index is 0.302. The van der Waals surface area contributed by atoms with E-state index in [1.807, 2.05) is 0 Å². The monoisotopic (exact) mass is 447 g/mol. The number of hydrogen-bond donors (Lipinski definition) is 1. The van der Waals surface area contributed by atoms with Crippen molar-refractivity contribution >= 4 is 0 Å². The highest BCUT2D eigenvalue weighted by molar-refractivity contribution is 5.26. The van der Waals surface area contributed by atoms with Crippen molar-refractivity contribution in [3.8, 4) is 0 Å². The first-order chi connectivity index (χ1) is 15.4. The Morgan fingerprint density at radius 2 is 1.33 bits per heavy atom. The fourth-order valence-corrected chi connectivity index (χ4v) is 5.70. The van der Waals surface area contributed by atoms with Gasteiger partial charge >= 0.3 is 0 Å². The van der Waals surface area contributed by atoms with Crippen LogP contribution in [0.1, 0.15) is 90.0 Å². The molecular weight excluding hydrogens is 398 g/mol. The molecule has 1 N–H and O–H groups in total. The summed E-state index contributed by atoms with van der Waals surface area (Å²) in [6, 6.07) is 18.8. The van der Waals surface area contributed by atoms with Crippen molar-refractivity contribution in [2.75, 3.05) is 13.1 Å². The summed E-state index contributed by atoms with van der Waals surface area (Å²) in [5.41, 5.74) is 6.94.